The molecule has 2 fully saturated rings. The zero-order valence-electron chi connectivity index (χ0n) is 11.7. The van der Waals surface area contributed by atoms with Crippen LogP contribution >= 0.6 is 0 Å². The lowest BCUT2D eigenvalue weighted by Crippen LogP contribution is -2.65. The minimum absolute atomic E-state index is 0.224. The lowest BCUT2D eigenvalue weighted by Gasteiger charge is -2.38. The quantitative estimate of drug-likeness (QED) is 0.759. The number of carbonyl (C=O) groups excluding carboxylic acids is 3. The van der Waals surface area contributed by atoms with Crippen molar-refractivity contribution in [2.24, 2.45) is 5.41 Å². The summed E-state index contributed by atoms with van der Waals surface area (Å²) in [6.45, 7) is 7.64. The van der Waals surface area contributed by atoms with Crippen molar-refractivity contribution in [2.45, 2.75) is 39.7 Å². The van der Waals surface area contributed by atoms with Crippen LogP contribution in [0.5, 0.6) is 0 Å². The number of likely N-dealkylation sites (tertiary alicyclic amines) is 1. The minimum atomic E-state index is -1.17. The highest BCUT2D eigenvalue weighted by Gasteiger charge is 2.48. The van der Waals surface area contributed by atoms with Crippen LogP contribution < -0.4 is 5.32 Å². The Morgan fingerprint density at radius 2 is 1.79 bits per heavy atom. The van der Waals surface area contributed by atoms with Gasteiger partial charge in [-0.15, -0.1) is 0 Å². The third kappa shape index (κ3) is 2.49. The summed E-state index contributed by atoms with van der Waals surface area (Å²) in [6.07, 6.45) is 2.33. The van der Waals surface area contributed by atoms with E-state index in [9.17, 15) is 14.4 Å². The van der Waals surface area contributed by atoms with Crippen LogP contribution in [0.1, 0.15) is 33.6 Å². The first-order valence-corrected chi connectivity index (χ1v) is 6.75. The smallest absolute Gasteiger partial charge is 0.301 e. The fourth-order valence-corrected chi connectivity index (χ4v) is 2.62. The zero-order valence-corrected chi connectivity index (χ0v) is 11.7. The average Bonchev–Trinajstić information content (AvgIpc) is 2.79. The Balaban J connectivity index is 2.10. The summed E-state index contributed by atoms with van der Waals surface area (Å²) in [5.41, 5.74) is -1.17. The van der Waals surface area contributed by atoms with Crippen molar-refractivity contribution in [3.8, 4) is 0 Å². The van der Waals surface area contributed by atoms with Crippen LogP contribution in [0.4, 0.5) is 4.79 Å². The molecule has 0 radical (unpaired) electrons. The van der Waals surface area contributed by atoms with Gasteiger partial charge in [0.1, 0.15) is 5.41 Å². The summed E-state index contributed by atoms with van der Waals surface area (Å²) in [7, 11) is 0. The largest absolute Gasteiger partial charge is 0.331 e. The maximum atomic E-state index is 12.3. The summed E-state index contributed by atoms with van der Waals surface area (Å²) in [5.74, 6) is -0.930. The first kappa shape index (κ1) is 14.0. The maximum absolute atomic E-state index is 12.3. The molecule has 0 saturated carbocycles. The lowest BCUT2D eigenvalue weighted by molar-refractivity contribution is -0.150. The van der Waals surface area contributed by atoms with Gasteiger partial charge in [-0.3, -0.25) is 19.8 Å². The van der Waals surface area contributed by atoms with Gasteiger partial charge in [0.2, 0.25) is 11.8 Å². The predicted molar refractivity (Wildman–Crippen MR) is 69.3 cm³/mol. The lowest BCUT2D eigenvalue weighted by atomic mass is 9.88. The maximum Gasteiger partial charge on any atom is 0.331 e. The molecule has 1 N–H and O–H groups in total. The number of nitrogens with zero attached hydrogens (tertiary/aromatic N) is 2. The van der Waals surface area contributed by atoms with E-state index in [2.05, 4.69) is 10.2 Å². The Morgan fingerprint density at radius 1 is 1.21 bits per heavy atom. The van der Waals surface area contributed by atoms with Crippen molar-refractivity contribution in [1.82, 2.24) is 15.1 Å². The van der Waals surface area contributed by atoms with Crippen molar-refractivity contribution in [3.63, 3.8) is 0 Å². The van der Waals surface area contributed by atoms with Gasteiger partial charge in [-0.1, -0.05) is 0 Å². The molecule has 2 rings (SSSR count). The average molecular weight is 267 g/mol. The Kier molecular flexibility index (Phi) is 3.62. The molecule has 1 unspecified atom stereocenters. The molecular formula is C13H21N3O3. The highest BCUT2D eigenvalue weighted by atomic mass is 16.2. The van der Waals surface area contributed by atoms with E-state index in [1.165, 1.54) is 4.90 Å². The highest BCUT2D eigenvalue weighted by Crippen LogP contribution is 2.25. The van der Waals surface area contributed by atoms with Gasteiger partial charge in [0, 0.05) is 6.54 Å². The number of barbiturate groups is 1. The Bertz CT molecular complexity index is 413. The second kappa shape index (κ2) is 4.92. The van der Waals surface area contributed by atoms with Gasteiger partial charge in [-0.25, -0.2) is 4.79 Å². The normalized spacial score (nSPS) is 25.6. The zero-order chi connectivity index (χ0) is 14.2. The molecule has 4 amide bonds. The Morgan fingerprint density at radius 3 is 2.37 bits per heavy atom. The first-order valence-electron chi connectivity index (χ1n) is 6.75. The van der Waals surface area contributed by atoms with Crippen LogP contribution in [-0.2, 0) is 9.59 Å². The molecule has 0 aromatic heterocycles. The van der Waals surface area contributed by atoms with Gasteiger partial charge in [0.15, 0.2) is 0 Å². The molecule has 2 heterocycles. The Hall–Kier alpha value is -1.43. The molecule has 106 valence electrons. The third-order valence-corrected chi connectivity index (χ3v) is 3.92. The minimum Gasteiger partial charge on any atom is -0.301 e. The molecule has 19 heavy (non-hydrogen) atoms. The second-order valence-corrected chi connectivity index (χ2v) is 5.92. The molecule has 6 heteroatoms. The van der Waals surface area contributed by atoms with Crippen molar-refractivity contribution < 1.29 is 14.4 Å². The molecular weight excluding hydrogens is 246 g/mol. The van der Waals surface area contributed by atoms with Crippen molar-refractivity contribution in [2.75, 3.05) is 19.6 Å². The van der Waals surface area contributed by atoms with E-state index in [1.54, 1.807) is 13.8 Å². The molecule has 2 aliphatic heterocycles. The van der Waals surface area contributed by atoms with Crippen LogP contribution in [0.3, 0.4) is 0 Å². The van der Waals surface area contributed by atoms with E-state index in [-0.39, 0.29) is 6.04 Å². The molecule has 0 aromatic rings. The molecule has 0 aromatic carbocycles. The highest BCUT2D eigenvalue weighted by molar-refractivity contribution is 6.18. The van der Waals surface area contributed by atoms with Crippen LogP contribution in [0.2, 0.25) is 0 Å². The summed E-state index contributed by atoms with van der Waals surface area (Å²) in [4.78, 5) is 39.3. The van der Waals surface area contributed by atoms with E-state index in [0.717, 1.165) is 25.9 Å². The van der Waals surface area contributed by atoms with Gasteiger partial charge in [0.25, 0.3) is 0 Å². The number of imide groups is 2. The Labute approximate surface area is 113 Å². The molecule has 0 spiro atoms. The summed E-state index contributed by atoms with van der Waals surface area (Å²) >= 11 is 0. The van der Waals surface area contributed by atoms with Crippen LogP contribution in [0, 0.1) is 5.41 Å². The molecule has 2 aliphatic rings. The molecule has 0 aliphatic carbocycles. The van der Waals surface area contributed by atoms with E-state index < -0.39 is 23.3 Å². The molecule has 1 atom stereocenters. The number of carbonyl (C=O) groups is 3. The number of amides is 4. The number of nitrogens with one attached hydrogen (secondary N) is 1. The van der Waals surface area contributed by atoms with E-state index in [1.807, 2.05) is 6.92 Å². The number of hydrogen-bond donors (Lipinski definition) is 1. The van der Waals surface area contributed by atoms with Gasteiger partial charge in [0.05, 0.1) is 6.04 Å². The van der Waals surface area contributed by atoms with Crippen molar-refractivity contribution >= 4 is 17.8 Å². The number of hydrogen-bond acceptors (Lipinski definition) is 4. The van der Waals surface area contributed by atoms with Crippen LogP contribution in [0.25, 0.3) is 0 Å². The van der Waals surface area contributed by atoms with Crippen LogP contribution in [0.15, 0.2) is 0 Å². The first-order chi connectivity index (χ1) is 8.84. The third-order valence-electron chi connectivity index (χ3n) is 3.92. The summed E-state index contributed by atoms with van der Waals surface area (Å²) in [6, 6.07) is -0.820. The predicted octanol–water partition coefficient (Wildman–Crippen LogP) is 0.575. The SMILES string of the molecule is CC(CN1CCCC1)N1C(=O)NC(=O)C(C)(C)C1=O. The standard InChI is InChI=1S/C13H21N3O3/c1-9(8-15-6-4-5-7-15)16-11(18)13(2,3)10(17)14-12(16)19/h9H,4-8H2,1-3H3,(H,14,17,19). The van der Waals surface area contributed by atoms with Gasteiger partial charge in [-0.05, 0) is 46.7 Å². The monoisotopic (exact) mass is 267 g/mol. The van der Waals surface area contributed by atoms with Gasteiger partial charge in [-0.2, -0.15) is 0 Å². The molecule has 6 nitrogen and oxygen atoms in total. The van der Waals surface area contributed by atoms with E-state index in [0.29, 0.717) is 6.54 Å². The molecule has 0 bridgehead atoms. The van der Waals surface area contributed by atoms with Gasteiger partial charge < -0.3 is 4.90 Å². The number of urea groups is 1. The second-order valence-electron chi connectivity index (χ2n) is 5.92. The van der Waals surface area contributed by atoms with E-state index >= 15 is 0 Å². The summed E-state index contributed by atoms with van der Waals surface area (Å²) in [5, 5.41) is 2.26. The van der Waals surface area contributed by atoms with E-state index in [4.69, 9.17) is 0 Å². The van der Waals surface area contributed by atoms with Crippen LogP contribution in [-0.4, -0.2) is 53.3 Å². The number of rotatable bonds is 3. The topological polar surface area (TPSA) is 69.7 Å². The van der Waals surface area contributed by atoms with Crippen molar-refractivity contribution in [3.05, 3.63) is 0 Å². The summed E-state index contributed by atoms with van der Waals surface area (Å²) < 4.78 is 0. The molecule has 2 saturated heterocycles. The fourth-order valence-electron chi connectivity index (χ4n) is 2.62. The fraction of sp³-hybridized carbons (Fsp3) is 0.769. The van der Waals surface area contributed by atoms with Gasteiger partial charge >= 0.3 is 6.03 Å². The van der Waals surface area contributed by atoms with Crippen molar-refractivity contribution in [1.29, 1.82) is 0 Å².